The number of carbonyl (C=O) groups excluding carboxylic acids is 2. The van der Waals surface area contributed by atoms with Crippen molar-refractivity contribution in [1.82, 2.24) is 4.90 Å². The van der Waals surface area contributed by atoms with Crippen molar-refractivity contribution in [2.24, 2.45) is 5.73 Å². The molecule has 132 valence electrons. The number of primary amides is 1. The van der Waals surface area contributed by atoms with Gasteiger partial charge in [-0.15, -0.1) is 0 Å². The first kappa shape index (κ1) is 17.7. The molecule has 0 radical (unpaired) electrons. The standard InChI is InChI=1S/C22H22N2O2/c23-21(25)19(15-17-9-3-1-4-10-17)20(16-18-11-5-2-6-12-18)22(26)24-13-7-8-14-24/h1-6,9-12,15-16H,7-8,13-14H2,(H2,23,25)/b19-15-,20-16-. The van der Waals surface area contributed by atoms with E-state index >= 15 is 0 Å². The van der Waals surface area contributed by atoms with Crippen molar-refractivity contribution in [1.29, 1.82) is 0 Å². The Morgan fingerprint density at radius 2 is 1.23 bits per heavy atom. The monoisotopic (exact) mass is 346 g/mol. The Kier molecular flexibility index (Phi) is 5.64. The molecule has 2 amide bonds. The van der Waals surface area contributed by atoms with Crippen LogP contribution < -0.4 is 5.73 Å². The highest BCUT2D eigenvalue weighted by Crippen LogP contribution is 2.22. The summed E-state index contributed by atoms with van der Waals surface area (Å²) >= 11 is 0. The maximum atomic E-state index is 13.1. The second-order valence-corrected chi connectivity index (χ2v) is 6.30. The molecule has 2 N–H and O–H groups in total. The molecule has 3 rings (SSSR count). The van der Waals surface area contributed by atoms with Gasteiger partial charge < -0.3 is 10.6 Å². The van der Waals surface area contributed by atoms with Crippen molar-refractivity contribution in [3.63, 3.8) is 0 Å². The SMILES string of the molecule is NC(=O)C(=C\c1ccccc1)/C(=C/c1ccccc1)C(=O)N1CCCC1. The zero-order valence-corrected chi connectivity index (χ0v) is 14.6. The van der Waals surface area contributed by atoms with Crippen LogP contribution in [-0.4, -0.2) is 29.8 Å². The molecule has 1 aliphatic rings. The number of nitrogens with zero attached hydrogens (tertiary/aromatic N) is 1. The van der Waals surface area contributed by atoms with Crippen LogP contribution >= 0.6 is 0 Å². The van der Waals surface area contributed by atoms with Crippen molar-refractivity contribution >= 4 is 24.0 Å². The summed E-state index contributed by atoms with van der Waals surface area (Å²) in [5.41, 5.74) is 7.92. The molecular weight excluding hydrogens is 324 g/mol. The summed E-state index contributed by atoms with van der Waals surface area (Å²) in [5, 5.41) is 0. The zero-order valence-electron chi connectivity index (χ0n) is 14.6. The second kappa shape index (κ2) is 8.30. The Labute approximate surface area is 153 Å². The van der Waals surface area contributed by atoms with Gasteiger partial charge in [-0.25, -0.2) is 0 Å². The number of carbonyl (C=O) groups is 2. The predicted molar refractivity (Wildman–Crippen MR) is 104 cm³/mol. The van der Waals surface area contributed by atoms with E-state index in [2.05, 4.69) is 0 Å². The maximum absolute atomic E-state index is 13.1. The van der Waals surface area contributed by atoms with Crippen LogP contribution in [0.1, 0.15) is 24.0 Å². The van der Waals surface area contributed by atoms with E-state index in [1.165, 1.54) is 0 Å². The summed E-state index contributed by atoms with van der Waals surface area (Å²) in [7, 11) is 0. The minimum Gasteiger partial charge on any atom is -0.366 e. The van der Waals surface area contributed by atoms with Gasteiger partial charge in [-0.2, -0.15) is 0 Å². The van der Waals surface area contributed by atoms with Crippen molar-refractivity contribution in [3.8, 4) is 0 Å². The van der Waals surface area contributed by atoms with Gasteiger partial charge in [0, 0.05) is 13.1 Å². The van der Waals surface area contributed by atoms with Crippen LogP contribution in [0.2, 0.25) is 0 Å². The van der Waals surface area contributed by atoms with E-state index in [-0.39, 0.29) is 11.5 Å². The normalized spacial score (nSPS) is 15.2. The van der Waals surface area contributed by atoms with Crippen LogP contribution in [0.5, 0.6) is 0 Å². The first-order valence-electron chi connectivity index (χ1n) is 8.78. The summed E-state index contributed by atoms with van der Waals surface area (Å²) < 4.78 is 0. The second-order valence-electron chi connectivity index (χ2n) is 6.30. The lowest BCUT2D eigenvalue weighted by molar-refractivity contribution is -0.126. The van der Waals surface area contributed by atoms with Gasteiger partial charge in [-0.1, -0.05) is 60.7 Å². The lowest BCUT2D eigenvalue weighted by atomic mass is 9.98. The number of rotatable bonds is 5. The fraction of sp³-hybridized carbons (Fsp3) is 0.182. The Hall–Kier alpha value is -3.14. The first-order valence-corrected chi connectivity index (χ1v) is 8.78. The lowest BCUT2D eigenvalue weighted by Crippen LogP contribution is -2.32. The molecule has 0 unspecified atom stereocenters. The molecule has 2 aromatic carbocycles. The van der Waals surface area contributed by atoms with Crippen molar-refractivity contribution in [2.75, 3.05) is 13.1 Å². The third-order valence-electron chi connectivity index (χ3n) is 4.40. The van der Waals surface area contributed by atoms with Crippen LogP contribution in [0.4, 0.5) is 0 Å². The molecule has 1 fully saturated rings. The molecule has 4 heteroatoms. The molecule has 0 bridgehead atoms. The Morgan fingerprint density at radius 1 is 0.769 bits per heavy atom. The number of nitrogens with two attached hydrogens (primary N) is 1. The fourth-order valence-corrected chi connectivity index (χ4v) is 3.06. The van der Waals surface area contributed by atoms with Crippen LogP contribution in [-0.2, 0) is 9.59 Å². The van der Waals surface area contributed by atoms with Crippen LogP contribution in [0.25, 0.3) is 12.2 Å². The Balaban J connectivity index is 2.08. The summed E-state index contributed by atoms with van der Waals surface area (Å²) in [4.78, 5) is 27.1. The van der Waals surface area contributed by atoms with Crippen LogP contribution in [0.15, 0.2) is 71.8 Å². The van der Waals surface area contributed by atoms with E-state index in [1.807, 2.05) is 60.7 Å². The van der Waals surface area contributed by atoms with Crippen LogP contribution in [0.3, 0.4) is 0 Å². The van der Waals surface area contributed by atoms with Gasteiger partial charge in [0.15, 0.2) is 0 Å². The number of amides is 2. The largest absolute Gasteiger partial charge is 0.366 e. The number of hydrogen-bond acceptors (Lipinski definition) is 2. The molecule has 0 saturated carbocycles. The molecule has 0 aromatic heterocycles. The average molecular weight is 346 g/mol. The van der Waals surface area contributed by atoms with E-state index in [0.717, 1.165) is 24.0 Å². The third-order valence-corrected chi connectivity index (χ3v) is 4.40. The van der Waals surface area contributed by atoms with E-state index in [9.17, 15) is 9.59 Å². The molecular formula is C22H22N2O2. The molecule has 1 aliphatic heterocycles. The Morgan fingerprint density at radius 3 is 1.69 bits per heavy atom. The van der Waals surface area contributed by atoms with Gasteiger partial charge in [0.25, 0.3) is 5.91 Å². The van der Waals surface area contributed by atoms with Crippen molar-refractivity contribution < 1.29 is 9.59 Å². The number of benzene rings is 2. The molecule has 26 heavy (non-hydrogen) atoms. The number of likely N-dealkylation sites (tertiary alicyclic amines) is 1. The minimum atomic E-state index is -0.608. The summed E-state index contributed by atoms with van der Waals surface area (Å²) in [6, 6.07) is 18.9. The topological polar surface area (TPSA) is 63.4 Å². The molecule has 1 saturated heterocycles. The zero-order chi connectivity index (χ0) is 18.4. The highest BCUT2D eigenvalue weighted by molar-refractivity contribution is 6.15. The van der Waals surface area contributed by atoms with E-state index in [1.54, 1.807) is 17.1 Å². The molecule has 4 nitrogen and oxygen atoms in total. The predicted octanol–water partition coefficient (Wildman–Crippen LogP) is 3.26. The molecule has 0 spiro atoms. The van der Waals surface area contributed by atoms with Gasteiger partial charge in [-0.3, -0.25) is 9.59 Å². The smallest absolute Gasteiger partial charge is 0.254 e. The number of hydrogen-bond donors (Lipinski definition) is 1. The quantitative estimate of drug-likeness (QED) is 0.667. The molecule has 0 atom stereocenters. The van der Waals surface area contributed by atoms with Gasteiger partial charge in [-0.05, 0) is 36.1 Å². The average Bonchev–Trinajstić information content (AvgIpc) is 3.20. The maximum Gasteiger partial charge on any atom is 0.254 e. The van der Waals surface area contributed by atoms with Gasteiger partial charge in [0.05, 0.1) is 11.1 Å². The third kappa shape index (κ3) is 4.28. The highest BCUT2D eigenvalue weighted by Gasteiger charge is 2.26. The highest BCUT2D eigenvalue weighted by atomic mass is 16.2. The van der Waals surface area contributed by atoms with Gasteiger partial charge in [0.1, 0.15) is 0 Å². The van der Waals surface area contributed by atoms with E-state index in [4.69, 9.17) is 5.73 Å². The van der Waals surface area contributed by atoms with E-state index in [0.29, 0.717) is 18.7 Å². The lowest BCUT2D eigenvalue weighted by Gasteiger charge is -2.18. The fourth-order valence-electron chi connectivity index (χ4n) is 3.06. The Bertz CT molecular complexity index is 833. The first-order chi connectivity index (χ1) is 12.6. The van der Waals surface area contributed by atoms with Crippen molar-refractivity contribution in [2.45, 2.75) is 12.8 Å². The van der Waals surface area contributed by atoms with Crippen molar-refractivity contribution in [3.05, 3.63) is 82.9 Å². The summed E-state index contributed by atoms with van der Waals surface area (Å²) in [5.74, 6) is -0.754. The van der Waals surface area contributed by atoms with Crippen LogP contribution in [0, 0.1) is 0 Å². The van der Waals surface area contributed by atoms with Gasteiger partial charge in [0.2, 0.25) is 5.91 Å². The van der Waals surface area contributed by atoms with E-state index < -0.39 is 5.91 Å². The molecule has 2 aromatic rings. The molecule has 1 heterocycles. The summed E-state index contributed by atoms with van der Waals surface area (Å²) in [6.45, 7) is 1.42. The van der Waals surface area contributed by atoms with Gasteiger partial charge >= 0.3 is 0 Å². The minimum absolute atomic E-state index is 0.146. The summed E-state index contributed by atoms with van der Waals surface area (Å²) in [6.07, 6.45) is 5.41. The molecule has 0 aliphatic carbocycles.